The Labute approximate surface area is 247 Å². The van der Waals surface area contributed by atoms with Crippen molar-refractivity contribution in [2.24, 2.45) is 0 Å². The summed E-state index contributed by atoms with van der Waals surface area (Å²) in [7, 11) is 1.31. The Morgan fingerprint density at radius 2 is 1.95 bits per heavy atom. The highest BCUT2D eigenvalue weighted by Gasteiger charge is 2.34. The molecule has 2 atom stereocenters. The zero-order valence-corrected chi connectivity index (χ0v) is 25.1. The van der Waals surface area contributed by atoms with Crippen molar-refractivity contribution in [2.75, 3.05) is 44.7 Å². The highest BCUT2D eigenvalue weighted by atomic mass is 35.5. The van der Waals surface area contributed by atoms with Crippen LogP contribution >= 0.6 is 23.2 Å². The SMILES string of the molecule is CCC1CN(c2ncc(-c3ncc[nH]3)cc2Cl)CCN1C1CCN(C(C)C2=CC=C(Cl)CC=C2)CC1.COC=O. The van der Waals surface area contributed by atoms with E-state index in [1.807, 2.05) is 18.5 Å². The average Bonchev–Trinajstić information content (AvgIpc) is 3.45. The lowest BCUT2D eigenvalue weighted by Gasteiger charge is -2.48. The number of allylic oxidation sites excluding steroid dienone is 4. The monoisotopic (exact) mass is 586 g/mol. The number of ether oxygens (including phenoxy) is 1. The lowest BCUT2D eigenvalue weighted by atomic mass is 9.96. The van der Waals surface area contributed by atoms with Crippen LogP contribution in [0, 0.1) is 0 Å². The Morgan fingerprint density at radius 3 is 2.60 bits per heavy atom. The van der Waals surface area contributed by atoms with Gasteiger partial charge >= 0.3 is 0 Å². The Morgan fingerprint density at radius 1 is 1.18 bits per heavy atom. The molecule has 0 saturated carbocycles. The number of rotatable bonds is 7. The first-order chi connectivity index (χ1) is 19.4. The molecule has 0 amide bonds. The number of aromatic nitrogens is 3. The van der Waals surface area contributed by atoms with Crippen LogP contribution in [0.5, 0.6) is 0 Å². The number of pyridine rings is 1. The molecule has 1 N–H and O–H groups in total. The molecule has 10 heteroatoms. The lowest BCUT2D eigenvalue weighted by Crippen LogP contribution is -2.59. The maximum atomic E-state index is 8.95. The molecule has 0 spiro atoms. The number of halogens is 2. The highest BCUT2D eigenvalue weighted by molar-refractivity contribution is 6.33. The molecule has 2 aromatic rings. The van der Waals surface area contributed by atoms with Gasteiger partial charge in [0, 0.05) is 86.5 Å². The van der Waals surface area contributed by atoms with Gasteiger partial charge in [-0.2, -0.15) is 0 Å². The van der Waals surface area contributed by atoms with Crippen LogP contribution in [0.25, 0.3) is 11.4 Å². The third-order valence-corrected chi connectivity index (χ3v) is 8.63. The second kappa shape index (κ2) is 14.8. The van der Waals surface area contributed by atoms with Crippen LogP contribution in [-0.4, -0.2) is 89.2 Å². The number of H-pyrrole nitrogens is 1. The molecule has 2 fully saturated rings. The Hall–Kier alpha value is -2.65. The van der Waals surface area contributed by atoms with E-state index in [0.717, 1.165) is 67.8 Å². The first-order valence-corrected chi connectivity index (χ1v) is 14.8. The van der Waals surface area contributed by atoms with Crippen molar-refractivity contribution in [3.05, 3.63) is 64.6 Å². The normalized spacial score (nSPS) is 21.5. The van der Waals surface area contributed by atoms with E-state index >= 15 is 0 Å². The van der Waals surface area contributed by atoms with Crippen molar-refractivity contribution in [3.8, 4) is 11.4 Å². The summed E-state index contributed by atoms with van der Waals surface area (Å²) >= 11 is 12.9. The highest BCUT2D eigenvalue weighted by Crippen LogP contribution is 2.32. The number of imidazole rings is 1. The van der Waals surface area contributed by atoms with Gasteiger partial charge in [-0.15, -0.1) is 0 Å². The summed E-state index contributed by atoms with van der Waals surface area (Å²) in [6.45, 7) is 10.2. The molecule has 0 aromatic carbocycles. The summed E-state index contributed by atoms with van der Waals surface area (Å²) in [6, 6.07) is 3.53. The Balaban J connectivity index is 0.000000867. The van der Waals surface area contributed by atoms with Gasteiger partial charge in [-0.1, -0.05) is 48.4 Å². The Bertz CT molecular complexity index is 1190. The number of anilines is 1. The molecular formula is C30H40Cl2N6O2. The van der Waals surface area contributed by atoms with Gasteiger partial charge in [0.25, 0.3) is 6.47 Å². The number of methoxy groups -OCH3 is 1. The smallest absolute Gasteiger partial charge is 0.292 e. The minimum Gasteiger partial charge on any atom is -0.471 e. The van der Waals surface area contributed by atoms with Gasteiger partial charge in [0.2, 0.25) is 0 Å². The predicted molar refractivity (Wildman–Crippen MR) is 163 cm³/mol. The van der Waals surface area contributed by atoms with E-state index in [-0.39, 0.29) is 0 Å². The fourth-order valence-electron chi connectivity index (χ4n) is 5.83. The predicted octanol–water partition coefficient (Wildman–Crippen LogP) is 5.68. The summed E-state index contributed by atoms with van der Waals surface area (Å²) in [6.07, 6.45) is 18.5. The van der Waals surface area contributed by atoms with Gasteiger partial charge < -0.3 is 14.6 Å². The molecule has 4 heterocycles. The fourth-order valence-corrected chi connectivity index (χ4v) is 6.27. The number of hydrogen-bond donors (Lipinski definition) is 1. The van der Waals surface area contributed by atoms with Crippen LogP contribution in [0.1, 0.15) is 39.5 Å². The molecule has 3 aliphatic rings. The van der Waals surface area contributed by atoms with Crippen molar-refractivity contribution >= 4 is 35.5 Å². The topological polar surface area (TPSA) is 77.6 Å². The molecular weight excluding hydrogens is 547 g/mol. The van der Waals surface area contributed by atoms with Gasteiger partial charge in [-0.3, -0.25) is 14.6 Å². The van der Waals surface area contributed by atoms with Crippen molar-refractivity contribution < 1.29 is 9.53 Å². The van der Waals surface area contributed by atoms with Crippen molar-refractivity contribution in [1.82, 2.24) is 24.8 Å². The molecule has 0 bridgehead atoms. The Kier molecular flexibility index (Phi) is 11.2. The molecule has 216 valence electrons. The first-order valence-electron chi connectivity index (χ1n) is 14.0. The third kappa shape index (κ3) is 7.55. The van der Waals surface area contributed by atoms with Crippen LogP contribution in [0.3, 0.4) is 0 Å². The zero-order valence-electron chi connectivity index (χ0n) is 23.6. The number of hydrogen-bond acceptors (Lipinski definition) is 7. The minimum absolute atomic E-state index is 0.375. The van der Waals surface area contributed by atoms with Gasteiger partial charge in [0.05, 0.1) is 12.1 Å². The standard InChI is InChI=1S/C28H36Cl2N6.C2H4O2/c1-3-24-19-35(28-26(30)17-22(18-33-28)27-31-11-12-32-27)15-16-36(24)25-9-13-34(14-10-25)20(2)21-5-4-6-23(29)8-7-21;1-4-2-3/h4-5,7-8,11-12,17-18,20,24-25H,3,6,9-10,13-16,19H2,1-2H3,(H,31,32);2H,1H3. The molecule has 5 rings (SSSR count). The third-order valence-electron chi connectivity index (χ3n) is 8.07. The van der Waals surface area contributed by atoms with Gasteiger partial charge in [0.15, 0.2) is 0 Å². The molecule has 2 saturated heterocycles. The maximum Gasteiger partial charge on any atom is 0.292 e. The molecule has 40 heavy (non-hydrogen) atoms. The molecule has 0 radical (unpaired) electrons. The fraction of sp³-hybridized carbons (Fsp3) is 0.500. The summed E-state index contributed by atoms with van der Waals surface area (Å²) in [4.78, 5) is 28.9. The van der Waals surface area contributed by atoms with Gasteiger partial charge in [-0.05, 0) is 43.9 Å². The number of piperidine rings is 1. The lowest BCUT2D eigenvalue weighted by molar-refractivity contribution is -0.126. The van der Waals surface area contributed by atoms with E-state index in [1.165, 1.54) is 25.5 Å². The van der Waals surface area contributed by atoms with E-state index in [9.17, 15) is 0 Å². The second-order valence-electron chi connectivity index (χ2n) is 10.4. The van der Waals surface area contributed by atoms with E-state index in [0.29, 0.717) is 29.6 Å². The molecule has 8 nitrogen and oxygen atoms in total. The van der Waals surface area contributed by atoms with Gasteiger partial charge in [-0.25, -0.2) is 9.97 Å². The largest absolute Gasteiger partial charge is 0.471 e. The number of carbonyl (C=O) groups excluding carboxylic acids is 1. The maximum absolute atomic E-state index is 8.95. The molecule has 2 aromatic heterocycles. The number of piperazine rings is 1. The van der Waals surface area contributed by atoms with Crippen LogP contribution in [0.2, 0.25) is 5.02 Å². The van der Waals surface area contributed by atoms with E-state index in [2.05, 4.69) is 67.6 Å². The van der Waals surface area contributed by atoms with Crippen LogP contribution in [0.15, 0.2) is 59.6 Å². The van der Waals surface area contributed by atoms with Crippen LogP contribution in [0.4, 0.5) is 5.82 Å². The van der Waals surface area contributed by atoms with Crippen molar-refractivity contribution in [3.63, 3.8) is 0 Å². The summed E-state index contributed by atoms with van der Waals surface area (Å²) < 4.78 is 3.86. The summed E-state index contributed by atoms with van der Waals surface area (Å²) in [5, 5.41) is 1.59. The van der Waals surface area contributed by atoms with E-state index < -0.39 is 0 Å². The summed E-state index contributed by atoms with van der Waals surface area (Å²) in [5.74, 6) is 1.67. The van der Waals surface area contributed by atoms with Crippen molar-refractivity contribution in [2.45, 2.75) is 57.7 Å². The zero-order chi connectivity index (χ0) is 28.5. The average molecular weight is 588 g/mol. The van der Waals surface area contributed by atoms with E-state index in [4.69, 9.17) is 33.0 Å². The number of carbonyl (C=O) groups is 1. The number of likely N-dealkylation sites (tertiary alicyclic amines) is 1. The minimum atomic E-state index is 0.375. The molecule has 2 aliphatic heterocycles. The van der Waals surface area contributed by atoms with Crippen LogP contribution < -0.4 is 4.90 Å². The van der Waals surface area contributed by atoms with Crippen molar-refractivity contribution in [1.29, 1.82) is 0 Å². The van der Waals surface area contributed by atoms with Gasteiger partial charge in [0.1, 0.15) is 11.6 Å². The molecule has 1 aliphatic carbocycles. The quantitative estimate of drug-likeness (QED) is 0.418. The summed E-state index contributed by atoms with van der Waals surface area (Å²) in [5.41, 5.74) is 2.27. The number of nitrogens with one attached hydrogen (secondary N) is 1. The van der Waals surface area contributed by atoms with E-state index in [1.54, 1.807) is 6.20 Å². The number of aromatic amines is 1. The molecule has 2 unspecified atom stereocenters. The second-order valence-corrected chi connectivity index (χ2v) is 11.3. The number of nitrogens with zero attached hydrogens (tertiary/aromatic N) is 5. The van der Waals surface area contributed by atoms with Crippen LogP contribution in [-0.2, 0) is 9.53 Å². The first kappa shape index (κ1) is 30.3.